The van der Waals surface area contributed by atoms with Gasteiger partial charge in [-0.05, 0) is 19.4 Å². The van der Waals surface area contributed by atoms with Crippen molar-refractivity contribution in [2.75, 3.05) is 13.2 Å². The molecule has 0 bridgehead atoms. The first-order chi connectivity index (χ1) is 7.83. The second kappa shape index (κ2) is 7.82. The second-order valence-corrected chi connectivity index (χ2v) is 3.32. The summed E-state index contributed by atoms with van der Waals surface area (Å²) in [5, 5.41) is 0. The van der Waals surface area contributed by atoms with Crippen LogP contribution in [-0.4, -0.2) is 24.2 Å². The van der Waals surface area contributed by atoms with E-state index in [4.69, 9.17) is 9.47 Å². The van der Waals surface area contributed by atoms with Crippen molar-refractivity contribution in [2.24, 2.45) is 0 Å². The Morgan fingerprint density at radius 2 is 2.38 bits per heavy atom. The van der Waals surface area contributed by atoms with Crippen LogP contribution in [0.4, 0.5) is 0 Å². The lowest BCUT2D eigenvalue weighted by atomic mass is 10.3. The number of hydrogen-bond acceptors (Lipinski definition) is 4. The van der Waals surface area contributed by atoms with Gasteiger partial charge in [0.1, 0.15) is 6.61 Å². The van der Waals surface area contributed by atoms with E-state index < -0.39 is 0 Å². The van der Waals surface area contributed by atoms with Gasteiger partial charge in [-0.3, -0.25) is 9.78 Å². The van der Waals surface area contributed by atoms with Crippen LogP contribution in [0.3, 0.4) is 0 Å². The standard InChI is InChI=1S/C12H17NO3/c1-2-15-8-4-6-12(14)16-10-11-5-3-7-13-9-11/h3,5,7,9H,2,4,6,8,10H2,1H3. The lowest BCUT2D eigenvalue weighted by Crippen LogP contribution is -2.06. The van der Waals surface area contributed by atoms with Gasteiger partial charge in [0, 0.05) is 37.6 Å². The van der Waals surface area contributed by atoms with Crippen LogP contribution in [0.1, 0.15) is 25.3 Å². The van der Waals surface area contributed by atoms with Crippen molar-refractivity contribution in [3.8, 4) is 0 Å². The molecule has 0 saturated carbocycles. The van der Waals surface area contributed by atoms with Crippen LogP contribution in [0, 0.1) is 0 Å². The Morgan fingerprint density at radius 3 is 3.06 bits per heavy atom. The molecule has 0 amide bonds. The van der Waals surface area contributed by atoms with Crippen molar-refractivity contribution in [1.29, 1.82) is 0 Å². The minimum absolute atomic E-state index is 0.191. The molecule has 0 aliphatic rings. The van der Waals surface area contributed by atoms with E-state index in [0.29, 0.717) is 32.7 Å². The average molecular weight is 223 g/mol. The van der Waals surface area contributed by atoms with Gasteiger partial charge >= 0.3 is 5.97 Å². The summed E-state index contributed by atoms with van der Waals surface area (Å²) >= 11 is 0. The molecule has 0 unspecified atom stereocenters. The third-order valence-corrected chi connectivity index (χ3v) is 2.00. The zero-order valence-corrected chi connectivity index (χ0v) is 9.52. The molecule has 0 N–H and O–H groups in total. The fourth-order valence-electron chi connectivity index (χ4n) is 1.18. The molecule has 0 spiro atoms. The summed E-state index contributed by atoms with van der Waals surface area (Å²) in [6.45, 7) is 3.52. The van der Waals surface area contributed by atoms with Crippen molar-refractivity contribution in [3.05, 3.63) is 30.1 Å². The lowest BCUT2D eigenvalue weighted by molar-refractivity contribution is -0.145. The zero-order chi connectivity index (χ0) is 11.6. The first kappa shape index (κ1) is 12.6. The SMILES string of the molecule is CCOCCCC(=O)OCc1cccnc1. The maximum absolute atomic E-state index is 11.3. The Hall–Kier alpha value is -1.42. The molecule has 0 aliphatic heterocycles. The van der Waals surface area contributed by atoms with Crippen molar-refractivity contribution in [2.45, 2.75) is 26.4 Å². The number of carbonyl (C=O) groups excluding carboxylic acids is 1. The van der Waals surface area contributed by atoms with Gasteiger partial charge in [0.2, 0.25) is 0 Å². The molecule has 16 heavy (non-hydrogen) atoms. The van der Waals surface area contributed by atoms with Crippen molar-refractivity contribution in [3.63, 3.8) is 0 Å². The van der Waals surface area contributed by atoms with Crippen LogP contribution in [0.2, 0.25) is 0 Å². The highest BCUT2D eigenvalue weighted by molar-refractivity contribution is 5.69. The van der Waals surface area contributed by atoms with E-state index in [1.807, 2.05) is 19.1 Å². The molecule has 1 aromatic rings. The summed E-state index contributed by atoms with van der Waals surface area (Å²) in [7, 11) is 0. The van der Waals surface area contributed by atoms with E-state index in [1.165, 1.54) is 0 Å². The van der Waals surface area contributed by atoms with Gasteiger partial charge in [-0.1, -0.05) is 6.07 Å². The van der Waals surface area contributed by atoms with Crippen molar-refractivity contribution in [1.82, 2.24) is 4.98 Å². The first-order valence-corrected chi connectivity index (χ1v) is 5.45. The maximum Gasteiger partial charge on any atom is 0.306 e. The lowest BCUT2D eigenvalue weighted by Gasteiger charge is -2.04. The molecule has 4 heteroatoms. The fourth-order valence-corrected chi connectivity index (χ4v) is 1.18. The van der Waals surface area contributed by atoms with Gasteiger partial charge in [0.25, 0.3) is 0 Å². The van der Waals surface area contributed by atoms with Crippen molar-refractivity contribution >= 4 is 5.97 Å². The number of aromatic nitrogens is 1. The number of ether oxygens (including phenoxy) is 2. The molecule has 1 aromatic heterocycles. The largest absolute Gasteiger partial charge is 0.461 e. The summed E-state index contributed by atoms with van der Waals surface area (Å²) in [6.07, 6.45) is 4.49. The summed E-state index contributed by atoms with van der Waals surface area (Å²) < 4.78 is 10.2. The normalized spacial score (nSPS) is 10.1. The van der Waals surface area contributed by atoms with Crippen LogP contribution >= 0.6 is 0 Å². The van der Waals surface area contributed by atoms with Gasteiger partial charge in [0.15, 0.2) is 0 Å². The molecule has 88 valence electrons. The maximum atomic E-state index is 11.3. The molecular formula is C12H17NO3. The molecule has 4 nitrogen and oxygen atoms in total. The Kier molecular flexibility index (Phi) is 6.18. The topological polar surface area (TPSA) is 48.4 Å². The van der Waals surface area contributed by atoms with Crippen LogP contribution in [0.5, 0.6) is 0 Å². The van der Waals surface area contributed by atoms with E-state index in [0.717, 1.165) is 5.56 Å². The van der Waals surface area contributed by atoms with Crippen LogP contribution < -0.4 is 0 Å². The molecule has 1 rings (SSSR count). The van der Waals surface area contributed by atoms with E-state index in [2.05, 4.69) is 4.98 Å². The van der Waals surface area contributed by atoms with Gasteiger partial charge in [-0.15, -0.1) is 0 Å². The highest BCUT2D eigenvalue weighted by Gasteiger charge is 2.02. The average Bonchev–Trinajstić information content (AvgIpc) is 2.33. The Bertz CT molecular complexity index is 300. The highest BCUT2D eigenvalue weighted by atomic mass is 16.5. The Labute approximate surface area is 95.6 Å². The van der Waals surface area contributed by atoms with Gasteiger partial charge < -0.3 is 9.47 Å². The highest BCUT2D eigenvalue weighted by Crippen LogP contribution is 2.01. The van der Waals surface area contributed by atoms with Gasteiger partial charge in [0.05, 0.1) is 0 Å². The number of carbonyl (C=O) groups is 1. The van der Waals surface area contributed by atoms with Crippen LogP contribution in [-0.2, 0) is 20.9 Å². The van der Waals surface area contributed by atoms with E-state index in [9.17, 15) is 4.79 Å². The molecule has 1 heterocycles. The minimum atomic E-state index is -0.191. The number of hydrogen-bond donors (Lipinski definition) is 0. The van der Waals surface area contributed by atoms with Crippen LogP contribution in [0.15, 0.2) is 24.5 Å². The van der Waals surface area contributed by atoms with Gasteiger partial charge in [-0.2, -0.15) is 0 Å². The first-order valence-electron chi connectivity index (χ1n) is 5.45. The summed E-state index contributed by atoms with van der Waals surface area (Å²) in [4.78, 5) is 15.2. The molecular weight excluding hydrogens is 206 g/mol. The fraction of sp³-hybridized carbons (Fsp3) is 0.500. The van der Waals surface area contributed by atoms with Gasteiger partial charge in [-0.25, -0.2) is 0 Å². The summed E-state index contributed by atoms with van der Waals surface area (Å²) in [5.41, 5.74) is 0.903. The third kappa shape index (κ3) is 5.46. The monoisotopic (exact) mass is 223 g/mol. The number of rotatable bonds is 7. The number of pyridine rings is 1. The zero-order valence-electron chi connectivity index (χ0n) is 9.52. The quantitative estimate of drug-likeness (QED) is 0.523. The third-order valence-electron chi connectivity index (χ3n) is 2.00. The predicted molar refractivity (Wildman–Crippen MR) is 59.8 cm³/mol. The van der Waals surface area contributed by atoms with E-state index in [1.54, 1.807) is 12.4 Å². The number of esters is 1. The van der Waals surface area contributed by atoms with E-state index in [-0.39, 0.29) is 5.97 Å². The number of nitrogens with zero attached hydrogens (tertiary/aromatic N) is 1. The van der Waals surface area contributed by atoms with E-state index >= 15 is 0 Å². The summed E-state index contributed by atoms with van der Waals surface area (Å²) in [6, 6.07) is 3.69. The minimum Gasteiger partial charge on any atom is -0.461 e. The molecule has 0 aromatic carbocycles. The molecule has 0 atom stereocenters. The molecule has 0 radical (unpaired) electrons. The summed E-state index contributed by atoms with van der Waals surface area (Å²) in [5.74, 6) is -0.191. The molecule has 0 saturated heterocycles. The Balaban J connectivity index is 2.11. The predicted octanol–water partition coefficient (Wildman–Crippen LogP) is 1.94. The molecule has 0 fully saturated rings. The second-order valence-electron chi connectivity index (χ2n) is 3.32. The Morgan fingerprint density at radius 1 is 1.50 bits per heavy atom. The van der Waals surface area contributed by atoms with Crippen LogP contribution in [0.25, 0.3) is 0 Å². The molecule has 0 aliphatic carbocycles. The van der Waals surface area contributed by atoms with Crippen molar-refractivity contribution < 1.29 is 14.3 Å². The smallest absolute Gasteiger partial charge is 0.306 e.